The monoisotopic (exact) mass is 247 g/mol. The van der Waals surface area contributed by atoms with Crippen LogP contribution in [0.4, 0.5) is 10.8 Å². The Morgan fingerprint density at radius 1 is 1.53 bits per heavy atom. The van der Waals surface area contributed by atoms with Gasteiger partial charge < -0.3 is 15.7 Å². The third-order valence-corrected chi connectivity index (χ3v) is 3.88. The van der Waals surface area contributed by atoms with E-state index in [0.29, 0.717) is 12.4 Å². The molecule has 0 saturated carbocycles. The average molecular weight is 247 g/mol. The van der Waals surface area contributed by atoms with Gasteiger partial charge in [-0.2, -0.15) is 4.37 Å². The number of nitrogen functional groups attached to an aromatic ring is 1. The Morgan fingerprint density at radius 2 is 2.27 bits per heavy atom. The number of thioether (sulfide) groups is 1. The van der Waals surface area contributed by atoms with Gasteiger partial charge in [-0.3, -0.25) is 0 Å². The van der Waals surface area contributed by atoms with E-state index in [9.17, 15) is 0 Å². The molecule has 4 nitrogen and oxygen atoms in total. The number of nitrogens with zero attached hydrogens (tertiary/aromatic N) is 2. The Kier molecular flexibility index (Phi) is 5.21. The minimum Gasteiger partial charge on any atom is -0.395 e. The highest BCUT2D eigenvalue weighted by molar-refractivity contribution is 7.99. The number of aliphatic hydroxyl groups is 1. The molecule has 0 bridgehead atoms. The second-order valence-electron chi connectivity index (χ2n) is 3.12. The number of aliphatic hydroxyl groups excluding tert-OH is 1. The van der Waals surface area contributed by atoms with E-state index >= 15 is 0 Å². The molecular weight excluding hydrogens is 230 g/mol. The van der Waals surface area contributed by atoms with Gasteiger partial charge in [0.05, 0.1) is 11.5 Å². The Bertz CT molecular complexity index is 298. The van der Waals surface area contributed by atoms with E-state index in [1.165, 1.54) is 11.5 Å². The van der Waals surface area contributed by atoms with E-state index in [0.717, 1.165) is 22.9 Å². The normalized spacial score (nSPS) is 10.6. The summed E-state index contributed by atoms with van der Waals surface area (Å²) in [6, 6.07) is 0. The molecule has 86 valence electrons. The Balaban J connectivity index is 2.88. The minimum atomic E-state index is 0.158. The van der Waals surface area contributed by atoms with Gasteiger partial charge in [-0.15, -0.1) is 11.8 Å². The maximum Gasteiger partial charge on any atom is 0.153 e. The van der Waals surface area contributed by atoms with E-state index in [-0.39, 0.29) is 6.61 Å². The second-order valence-corrected chi connectivity index (χ2v) is 4.69. The predicted molar refractivity (Wildman–Crippen MR) is 67.9 cm³/mol. The highest BCUT2D eigenvalue weighted by atomic mass is 32.2. The molecule has 0 saturated heterocycles. The van der Waals surface area contributed by atoms with Crippen LogP contribution in [0, 0.1) is 0 Å². The van der Waals surface area contributed by atoms with Gasteiger partial charge >= 0.3 is 0 Å². The molecule has 0 aliphatic rings. The lowest BCUT2D eigenvalue weighted by molar-refractivity contribution is 0.302. The van der Waals surface area contributed by atoms with Crippen molar-refractivity contribution in [3.05, 3.63) is 0 Å². The summed E-state index contributed by atoms with van der Waals surface area (Å²) in [5.74, 6) is 0.599. The summed E-state index contributed by atoms with van der Waals surface area (Å²) in [7, 11) is 0. The summed E-state index contributed by atoms with van der Waals surface area (Å²) in [4.78, 5) is 3.17. The summed E-state index contributed by atoms with van der Waals surface area (Å²) in [6.45, 7) is 3.85. The van der Waals surface area contributed by atoms with Crippen molar-refractivity contribution < 1.29 is 5.11 Å². The van der Waals surface area contributed by atoms with Crippen molar-refractivity contribution in [3.63, 3.8) is 0 Å². The van der Waals surface area contributed by atoms with Gasteiger partial charge in [0.15, 0.2) is 5.82 Å². The summed E-state index contributed by atoms with van der Waals surface area (Å²) in [5.41, 5.74) is 5.77. The molecule has 0 spiro atoms. The van der Waals surface area contributed by atoms with Crippen molar-refractivity contribution in [2.45, 2.75) is 18.2 Å². The van der Waals surface area contributed by atoms with Crippen LogP contribution in [-0.4, -0.2) is 35.4 Å². The third-order valence-electron chi connectivity index (χ3n) is 2.01. The summed E-state index contributed by atoms with van der Waals surface area (Å²) >= 11 is 3.02. The van der Waals surface area contributed by atoms with Crippen molar-refractivity contribution in [2.75, 3.05) is 36.6 Å². The molecule has 6 heteroatoms. The van der Waals surface area contributed by atoms with E-state index in [4.69, 9.17) is 10.8 Å². The van der Waals surface area contributed by atoms with Gasteiger partial charge in [0.2, 0.25) is 0 Å². The molecule has 0 amide bonds. The van der Waals surface area contributed by atoms with Crippen LogP contribution in [0.2, 0.25) is 0 Å². The molecule has 0 radical (unpaired) electrons. The standard InChI is InChI=1S/C9H17N3OS2/c1-3-4-12(5-6-13)9-7(14-2)8(10)11-15-9/h13H,3-6H2,1-2H3,(H2,10,11). The molecule has 1 rings (SSSR count). The molecule has 0 aromatic carbocycles. The molecule has 1 heterocycles. The SMILES string of the molecule is CCCN(CCO)c1snc(N)c1SC. The van der Waals surface area contributed by atoms with E-state index in [1.807, 2.05) is 6.26 Å². The number of nitrogens with two attached hydrogens (primary N) is 1. The van der Waals surface area contributed by atoms with E-state index < -0.39 is 0 Å². The Morgan fingerprint density at radius 3 is 2.80 bits per heavy atom. The number of anilines is 2. The number of hydrogen-bond acceptors (Lipinski definition) is 6. The fourth-order valence-corrected chi connectivity index (χ4v) is 3.12. The van der Waals surface area contributed by atoms with Crippen LogP contribution in [0.3, 0.4) is 0 Å². The molecule has 1 aromatic heterocycles. The molecule has 0 fully saturated rings. The first kappa shape index (κ1) is 12.6. The first-order valence-electron chi connectivity index (χ1n) is 4.89. The lowest BCUT2D eigenvalue weighted by atomic mass is 10.4. The van der Waals surface area contributed by atoms with Crippen LogP contribution in [-0.2, 0) is 0 Å². The maximum absolute atomic E-state index is 9.00. The predicted octanol–water partition coefficient (Wildman–Crippen LogP) is 1.66. The molecule has 0 aliphatic carbocycles. The second kappa shape index (κ2) is 6.19. The molecule has 1 aromatic rings. The lowest BCUT2D eigenvalue weighted by Gasteiger charge is -2.21. The van der Waals surface area contributed by atoms with Gasteiger partial charge in [-0.1, -0.05) is 6.92 Å². The van der Waals surface area contributed by atoms with Crippen LogP contribution < -0.4 is 10.6 Å². The first-order chi connectivity index (χ1) is 7.24. The van der Waals surface area contributed by atoms with Gasteiger partial charge in [0.1, 0.15) is 5.00 Å². The van der Waals surface area contributed by atoms with Gasteiger partial charge in [-0.05, 0) is 24.2 Å². The summed E-state index contributed by atoms with van der Waals surface area (Å²) < 4.78 is 4.15. The fraction of sp³-hybridized carbons (Fsp3) is 0.667. The first-order valence-corrected chi connectivity index (χ1v) is 6.89. The van der Waals surface area contributed by atoms with Crippen molar-refractivity contribution in [1.29, 1.82) is 0 Å². The summed E-state index contributed by atoms with van der Waals surface area (Å²) in [5, 5.41) is 10.1. The highest BCUT2D eigenvalue weighted by Crippen LogP contribution is 2.37. The molecule has 3 N–H and O–H groups in total. The van der Waals surface area contributed by atoms with Crippen molar-refractivity contribution in [2.24, 2.45) is 0 Å². The zero-order valence-electron chi connectivity index (χ0n) is 9.06. The van der Waals surface area contributed by atoms with E-state index in [2.05, 4.69) is 16.2 Å². The van der Waals surface area contributed by atoms with Crippen molar-refractivity contribution in [1.82, 2.24) is 4.37 Å². The van der Waals surface area contributed by atoms with Crippen LogP contribution in [0.1, 0.15) is 13.3 Å². The number of hydrogen-bond donors (Lipinski definition) is 2. The molecule has 0 atom stereocenters. The smallest absolute Gasteiger partial charge is 0.153 e. The number of aromatic nitrogens is 1. The molecule has 15 heavy (non-hydrogen) atoms. The van der Waals surface area contributed by atoms with Gasteiger partial charge in [0, 0.05) is 13.1 Å². The van der Waals surface area contributed by atoms with Gasteiger partial charge in [-0.25, -0.2) is 0 Å². The Labute approximate surface area is 98.6 Å². The van der Waals surface area contributed by atoms with E-state index in [1.54, 1.807) is 11.8 Å². The van der Waals surface area contributed by atoms with Crippen LogP contribution in [0.15, 0.2) is 4.90 Å². The van der Waals surface area contributed by atoms with Crippen LogP contribution in [0.25, 0.3) is 0 Å². The highest BCUT2D eigenvalue weighted by Gasteiger charge is 2.16. The Hall–Kier alpha value is -0.460. The van der Waals surface area contributed by atoms with Crippen LogP contribution in [0.5, 0.6) is 0 Å². The molecular formula is C9H17N3OS2. The summed E-state index contributed by atoms with van der Waals surface area (Å²) in [6.07, 6.45) is 3.04. The molecule has 0 unspecified atom stereocenters. The van der Waals surface area contributed by atoms with Crippen molar-refractivity contribution >= 4 is 34.1 Å². The average Bonchev–Trinajstić information content (AvgIpc) is 2.59. The quantitative estimate of drug-likeness (QED) is 0.749. The maximum atomic E-state index is 9.00. The fourth-order valence-electron chi connectivity index (χ4n) is 1.38. The van der Waals surface area contributed by atoms with Crippen molar-refractivity contribution in [3.8, 4) is 0 Å². The minimum absolute atomic E-state index is 0.158. The zero-order chi connectivity index (χ0) is 11.3. The van der Waals surface area contributed by atoms with Gasteiger partial charge in [0.25, 0.3) is 0 Å². The largest absolute Gasteiger partial charge is 0.395 e. The third kappa shape index (κ3) is 2.99. The number of rotatable bonds is 6. The topological polar surface area (TPSA) is 62.4 Å². The zero-order valence-corrected chi connectivity index (χ0v) is 10.7. The lowest BCUT2D eigenvalue weighted by Crippen LogP contribution is -2.27. The van der Waals surface area contributed by atoms with Crippen LogP contribution >= 0.6 is 23.3 Å². The molecule has 0 aliphatic heterocycles.